The van der Waals surface area contributed by atoms with Crippen LogP contribution in [0.1, 0.15) is 41.6 Å². The van der Waals surface area contributed by atoms with E-state index in [4.69, 9.17) is 10.5 Å². The van der Waals surface area contributed by atoms with E-state index < -0.39 is 28.4 Å². The second kappa shape index (κ2) is 9.63. The third-order valence-electron chi connectivity index (χ3n) is 6.62. The standard InChI is InChI=1S/C22H31N5O5/c23-8-12-32-13-11-26-9-6-15(7-10-26)24-18-3-1-2-16-17(18)14-27(31,22(16)30)19-4-5-20(28)25-21(19)29/h1-3,15,19,24H,4-14,23H2,(H,25,28,29). The minimum Gasteiger partial charge on any atom is -0.624 e. The van der Waals surface area contributed by atoms with Crippen molar-refractivity contribution < 1.29 is 23.8 Å². The summed E-state index contributed by atoms with van der Waals surface area (Å²) in [5.74, 6) is -1.66. The van der Waals surface area contributed by atoms with Crippen LogP contribution < -0.4 is 16.4 Å². The van der Waals surface area contributed by atoms with Crippen molar-refractivity contribution >= 4 is 23.4 Å². The topological polar surface area (TPSA) is 137 Å². The van der Waals surface area contributed by atoms with E-state index in [2.05, 4.69) is 15.5 Å². The van der Waals surface area contributed by atoms with Crippen LogP contribution in [0.3, 0.4) is 0 Å². The Kier molecular flexibility index (Phi) is 6.87. The number of rotatable bonds is 8. The minimum atomic E-state index is -1.26. The first kappa shape index (κ1) is 22.8. The summed E-state index contributed by atoms with van der Waals surface area (Å²) in [7, 11) is 0. The van der Waals surface area contributed by atoms with E-state index in [1.165, 1.54) is 0 Å². The normalized spacial score (nSPS) is 26.8. The first-order valence-corrected chi connectivity index (χ1v) is 11.3. The van der Waals surface area contributed by atoms with Gasteiger partial charge in [0.05, 0.1) is 18.8 Å². The molecule has 3 amide bonds. The molecule has 0 saturated carbocycles. The van der Waals surface area contributed by atoms with E-state index in [-0.39, 0.29) is 25.4 Å². The Hall–Kier alpha value is -2.37. The lowest BCUT2D eigenvalue weighted by molar-refractivity contribution is -0.825. The molecule has 32 heavy (non-hydrogen) atoms. The number of fused-ring (bicyclic) bond motifs is 1. The maximum Gasteiger partial charge on any atom is 0.347 e. The fourth-order valence-corrected chi connectivity index (χ4v) is 4.84. The average molecular weight is 446 g/mol. The molecule has 0 aromatic heterocycles. The first-order chi connectivity index (χ1) is 15.4. The number of anilines is 1. The van der Waals surface area contributed by atoms with Gasteiger partial charge in [0.1, 0.15) is 6.54 Å². The van der Waals surface area contributed by atoms with Gasteiger partial charge in [-0.1, -0.05) is 6.07 Å². The molecule has 174 valence electrons. The SMILES string of the molecule is NCCOCCN1CCC(Nc2cccc3c2C[N+]([O-])(C2CCC(=O)NC2=O)C3=O)CC1. The zero-order valence-corrected chi connectivity index (χ0v) is 18.2. The molecular weight excluding hydrogens is 414 g/mol. The molecule has 4 rings (SSSR count). The van der Waals surface area contributed by atoms with Gasteiger partial charge in [0.2, 0.25) is 5.91 Å². The Morgan fingerprint density at radius 3 is 2.69 bits per heavy atom. The number of amides is 3. The quantitative estimate of drug-likeness (QED) is 0.225. The van der Waals surface area contributed by atoms with Gasteiger partial charge in [0, 0.05) is 56.3 Å². The van der Waals surface area contributed by atoms with Gasteiger partial charge in [-0.2, -0.15) is 0 Å². The number of quaternary nitrogens is 1. The largest absolute Gasteiger partial charge is 0.624 e. The van der Waals surface area contributed by atoms with Gasteiger partial charge in [-0.15, -0.1) is 0 Å². The highest BCUT2D eigenvalue weighted by Gasteiger charge is 2.50. The number of piperidine rings is 2. The van der Waals surface area contributed by atoms with Crippen LogP contribution in [0.25, 0.3) is 0 Å². The van der Waals surface area contributed by atoms with Crippen LogP contribution in [-0.2, 0) is 20.9 Å². The number of nitrogens with zero attached hydrogens (tertiary/aromatic N) is 2. The van der Waals surface area contributed by atoms with Crippen molar-refractivity contribution in [2.45, 2.75) is 44.3 Å². The smallest absolute Gasteiger partial charge is 0.347 e. The van der Waals surface area contributed by atoms with Crippen LogP contribution >= 0.6 is 0 Å². The number of nitrogens with two attached hydrogens (primary N) is 1. The van der Waals surface area contributed by atoms with E-state index in [0.29, 0.717) is 30.9 Å². The number of hydrogen-bond acceptors (Lipinski definition) is 8. The Morgan fingerprint density at radius 1 is 1.19 bits per heavy atom. The van der Waals surface area contributed by atoms with Crippen LogP contribution in [0.5, 0.6) is 0 Å². The molecule has 0 bridgehead atoms. The van der Waals surface area contributed by atoms with Crippen molar-refractivity contribution in [1.29, 1.82) is 0 Å². The maximum absolute atomic E-state index is 13.6. The van der Waals surface area contributed by atoms with E-state index in [0.717, 1.165) is 38.2 Å². The number of nitrogens with one attached hydrogen (secondary N) is 2. The molecule has 0 radical (unpaired) electrons. The van der Waals surface area contributed by atoms with Crippen molar-refractivity contribution in [3.05, 3.63) is 34.5 Å². The molecule has 4 N–H and O–H groups in total. The van der Waals surface area contributed by atoms with Gasteiger partial charge in [-0.05, 0) is 25.0 Å². The van der Waals surface area contributed by atoms with Gasteiger partial charge < -0.3 is 25.9 Å². The van der Waals surface area contributed by atoms with Crippen molar-refractivity contribution in [3.8, 4) is 0 Å². The fraction of sp³-hybridized carbons (Fsp3) is 0.591. The summed E-state index contributed by atoms with van der Waals surface area (Å²) >= 11 is 0. The summed E-state index contributed by atoms with van der Waals surface area (Å²) in [5, 5.41) is 19.3. The monoisotopic (exact) mass is 445 g/mol. The Bertz CT molecular complexity index is 885. The molecule has 2 atom stereocenters. The van der Waals surface area contributed by atoms with E-state index in [1.807, 2.05) is 6.07 Å². The summed E-state index contributed by atoms with van der Waals surface area (Å²) in [6.07, 6.45) is 2.05. The number of hydrogen-bond donors (Lipinski definition) is 3. The number of hydroxylamine groups is 3. The number of likely N-dealkylation sites (tertiary alicyclic amines) is 1. The van der Waals surface area contributed by atoms with Crippen molar-refractivity contribution in [2.24, 2.45) is 5.73 Å². The lowest BCUT2D eigenvalue weighted by Crippen LogP contribution is -2.60. The second-order valence-corrected chi connectivity index (χ2v) is 8.72. The third-order valence-corrected chi connectivity index (χ3v) is 6.62. The molecule has 10 heteroatoms. The number of carbonyl (C=O) groups excluding carboxylic acids is 3. The van der Waals surface area contributed by atoms with Gasteiger partial charge in [0.15, 0.2) is 6.04 Å². The van der Waals surface area contributed by atoms with E-state index >= 15 is 0 Å². The molecule has 2 fully saturated rings. The van der Waals surface area contributed by atoms with Crippen LogP contribution in [0.4, 0.5) is 5.69 Å². The molecule has 0 spiro atoms. The summed E-state index contributed by atoms with van der Waals surface area (Å²) in [6.45, 7) is 4.44. The summed E-state index contributed by atoms with van der Waals surface area (Å²) in [4.78, 5) is 39.2. The molecule has 1 aromatic rings. The van der Waals surface area contributed by atoms with Gasteiger partial charge in [-0.3, -0.25) is 19.6 Å². The molecule has 3 aliphatic heterocycles. The lowest BCUT2D eigenvalue weighted by atomic mass is 10.0. The zero-order chi connectivity index (χ0) is 22.7. The number of imide groups is 1. The molecule has 3 heterocycles. The number of carbonyl (C=O) groups is 3. The maximum atomic E-state index is 13.6. The molecule has 2 saturated heterocycles. The molecule has 1 aromatic carbocycles. The second-order valence-electron chi connectivity index (χ2n) is 8.72. The molecular formula is C22H31N5O5. The molecule has 0 aliphatic carbocycles. The lowest BCUT2D eigenvalue weighted by Gasteiger charge is -2.42. The van der Waals surface area contributed by atoms with Crippen LogP contribution in [0, 0.1) is 5.21 Å². The van der Waals surface area contributed by atoms with Crippen LogP contribution in [-0.4, -0.2) is 78.7 Å². The number of ether oxygens (including phenoxy) is 1. The van der Waals surface area contributed by atoms with Gasteiger partial charge in [-0.25, -0.2) is 4.79 Å². The Balaban J connectivity index is 1.40. The molecule has 3 aliphatic rings. The van der Waals surface area contributed by atoms with Crippen LogP contribution in [0.2, 0.25) is 0 Å². The molecule has 10 nitrogen and oxygen atoms in total. The van der Waals surface area contributed by atoms with E-state index in [1.54, 1.807) is 12.1 Å². The highest BCUT2D eigenvalue weighted by Crippen LogP contribution is 2.38. The van der Waals surface area contributed by atoms with Crippen molar-refractivity contribution in [3.63, 3.8) is 0 Å². The van der Waals surface area contributed by atoms with Gasteiger partial charge in [0.25, 0.3) is 5.91 Å². The Labute approximate surface area is 187 Å². The summed E-state index contributed by atoms with van der Waals surface area (Å²) < 4.78 is 4.20. The predicted octanol–water partition coefficient (Wildman–Crippen LogP) is 0.312. The molecule has 2 unspecified atom stereocenters. The van der Waals surface area contributed by atoms with Crippen molar-refractivity contribution in [2.75, 3.05) is 44.7 Å². The zero-order valence-electron chi connectivity index (χ0n) is 18.2. The highest BCUT2D eigenvalue weighted by atomic mass is 16.6. The minimum absolute atomic E-state index is 0.0726. The van der Waals surface area contributed by atoms with Crippen molar-refractivity contribution in [1.82, 2.24) is 10.2 Å². The summed E-state index contributed by atoms with van der Waals surface area (Å²) in [5.41, 5.74) is 7.24. The first-order valence-electron chi connectivity index (χ1n) is 11.3. The van der Waals surface area contributed by atoms with Gasteiger partial charge >= 0.3 is 5.91 Å². The Morgan fingerprint density at radius 2 is 1.97 bits per heavy atom. The number of benzene rings is 1. The summed E-state index contributed by atoms with van der Waals surface area (Å²) in [6, 6.07) is 4.45. The highest BCUT2D eigenvalue weighted by molar-refractivity contribution is 6.02. The van der Waals surface area contributed by atoms with E-state index in [9.17, 15) is 19.6 Å². The fourth-order valence-electron chi connectivity index (χ4n) is 4.84. The predicted molar refractivity (Wildman–Crippen MR) is 117 cm³/mol. The third kappa shape index (κ3) is 4.55. The average Bonchev–Trinajstić information content (AvgIpc) is 3.04. The van der Waals surface area contributed by atoms with Crippen LogP contribution in [0.15, 0.2) is 18.2 Å².